The molecular formula is C22H22N4O2S. The SMILES string of the molecule is O=c1c2c3c(sc2nc2c4ccccc4c(NC[C@@H]4CCCO4)nn12)CCCC3. The molecule has 3 aromatic heterocycles. The molecule has 1 saturated heterocycles. The van der Waals surface area contributed by atoms with Crippen molar-refractivity contribution in [1.82, 2.24) is 14.6 Å². The van der Waals surface area contributed by atoms with Crippen LogP contribution < -0.4 is 10.9 Å². The molecule has 0 radical (unpaired) electrons. The van der Waals surface area contributed by atoms with Gasteiger partial charge in [-0.15, -0.1) is 16.4 Å². The Hall–Kier alpha value is -2.51. The number of aromatic nitrogens is 3. The lowest BCUT2D eigenvalue weighted by atomic mass is 9.97. The van der Waals surface area contributed by atoms with Crippen LogP contribution in [0.15, 0.2) is 29.1 Å². The smallest absolute Gasteiger partial charge is 0.283 e. The number of nitrogens with one attached hydrogen (secondary N) is 1. The molecule has 2 aliphatic rings. The van der Waals surface area contributed by atoms with Crippen LogP contribution >= 0.6 is 11.3 Å². The Kier molecular flexibility index (Phi) is 4.06. The first kappa shape index (κ1) is 17.4. The van der Waals surface area contributed by atoms with E-state index in [-0.39, 0.29) is 11.7 Å². The molecule has 6 rings (SSSR count). The lowest BCUT2D eigenvalue weighted by molar-refractivity contribution is 0.120. The molecule has 1 aliphatic carbocycles. The Balaban J connectivity index is 1.59. The van der Waals surface area contributed by atoms with Crippen molar-refractivity contribution in [3.63, 3.8) is 0 Å². The largest absolute Gasteiger partial charge is 0.376 e. The summed E-state index contributed by atoms with van der Waals surface area (Å²) in [4.78, 5) is 20.6. The van der Waals surface area contributed by atoms with Crippen molar-refractivity contribution in [2.24, 2.45) is 0 Å². The lowest BCUT2D eigenvalue weighted by Crippen LogP contribution is -2.23. The number of hydrogen-bond donors (Lipinski definition) is 1. The van der Waals surface area contributed by atoms with Gasteiger partial charge in [0.15, 0.2) is 11.5 Å². The first-order valence-electron chi connectivity index (χ1n) is 10.4. The van der Waals surface area contributed by atoms with Gasteiger partial charge in [0.25, 0.3) is 5.56 Å². The summed E-state index contributed by atoms with van der Waals surface area (Å²) >= 11 is 1.68. The van der Waals surface area contributed by atoms with Gasteiger partial charge in [0.1, 0.15) is 4.83 Å². The Morgan fingerprint density at radius 1 is 1.17 bits per heavy atom. The van der Waals surface area contributed by atoms with E-state index in [2.05, 4.69) is 5.32 Å². The Bertz CT molecular complexity index is 1300. The minimum absolute atomic E-state index is 0.0460. The fourth-order valence-corrected chi connectivity index (χ4v) is 5.90. The molecule has 0 saturated carbocycles. The second kappa shape index (κ2) is 6.78. The molecule has 1 aliphatic heterocycles. The van der Waals surface area contributed by atoms with Gasteiger partial charge in [-0.25, -0.2) is 4.98 Å². The summed E-state index contributed by atoms with van der Waals surface area (Å²) in [6.07, 6.45) is 6.71. The second-order valence-corrected chi connectivity index (χ2v) is 9.04. The van der Waals surface area contributed by atoms with Crippen molar-refractivity contribution in [2.75, 3.05) is 18.5 Å². The van der Waals surface area contributed by atoms with Gasteiger partial charge in [0.05, 0.1) is 11.5 Å². The zero-order valence-electron chi connectivity index (χ0n) is 16.1. The number of nitrogens with zero attached hydrogens (tertiary/aromatic N) is 3. The summed E-state index contributed by atoms with van der Waals surface area (Å²) in [6, 6.07) is 8.05. The standard InChI is InChI=1S/C22H22N4O2S/c27-22-18-16-9-3-4-10-17(16)29-21(18)24-20-15-8-2-1-7-14(15)19(25-26(20)22)23-12-13-6-5-11-28-13/h1-2,7-8,13H,3-6,9-12H2,(H,23,25)/t13-/m0/s1. The molecule has 0 amide bonds. The molecule has 1 N–H and O–H groups in total. The van der Waals surface area contributed by atoms with Crippen LogP contribution in [0, 0.1) is 0 Å². The Labute approximate surface area is 171 Å². The van der Waals surface area contributed by atoms with Gasteiger partial charge in [0.2, 0.25) is 0 Å². The fourth-order valence-electron chi connectivity index (χ4n) is 4.65. The van der Waals surface area contributed by atoms with E-state index in [9.17, 15) is 4.79 Å². The molecule has 1 fully saturated rings. The highest BCUT2D eigenvalue weighted by molar-refractivity contribution is 7.18. The minimum Gasteiger partial charge on any atom is -0.376 e. The lowest BCUT2D eigenvalue weighted by Gasteiger charge is -2.14. The van der Waals surface area contributed by atoms with Gasteiger partial charge < -0.3 is 10.1 Å². The first-order valence-corrected chi connectivity index (χ1v) is 11.2. The normalized spacial score (nSPS) is 19.2. The quantitative estimate of drug-likeness (QED) is 0.522. The van der Waals surface area contributed by atoms with Crippen molar-refractivity contribution in [2.45, 2.75) is 44.6 Å². The number of ether oxygens (including phenoxy) is 1. The number of anilines is 1. The van der Waals surface area contributed by atoms with Crippen LogP contribution in [-0.2, 0) is 17.6 Å². The Morgan fingerprint density at radius 3 is 2.90 bits per heavy atom. The maximum absolute atomic E-state index is 13.5. The molecule has 0 unspecified atom stereocenters. The summed E-state index contributed by atoms with van der Waals surface area (Å²) < 4.78 is 7.24. The molecule has 7 heteroatoms. The number of rotatable bonds is 3. The topological polar surface area (TPSA) is 68.5 Å². The fraction of sp³-hybridized carbons (Fsp3) is 0.409. The average Bonchev–Trinajstić information content (AvgIpc) is 3.40. The average molecular weight is 407 g/mol. The third kappa shape index (κ3) is 2.75. The van der Waals surface area contributed by atoms with Gasteiger partial charge in [-0.05, 0) is 44.1 Å². The number of fused-ring (bicyclic) bond motifs is 6. The van der Waals surface area contributed by atoms with Crippen LogP contribution in [0.1, 0.15) is 36.1 Å². The molecule has 29 heavy (non-hydrogen) atoms. The summed E-state index contributed by atoms with van der Waals surface area (Å²) in [5, 5.41) is 10.9. The van der Waals surface area contributed by atoms with Crippen molar-refractivity contribution in [1.29, 1.82) is 0 Å². The van der Waals surface area contributed by atoms with E-state index < -0.39 is 0 Å². The maximum atomic E-state index is 13.5. The van der Waals surface area contributed by atoms with Crippen LogP contribution in [0.25, 0.3) is 26.6 Å². The van der Waals surface area contributed by atoms with E-state index in [4.69, 9.17) is 14.8 Å². The third-order valence-corrected chi connectivity index (χ3v) is 7.30. The second-order valence-electron chi connectivity index (χ2n) is 7.95. The molecule has 148 valence electrons. The molecule has 0 bridgehead atoms. The van der Waals surface area contributed by atoms with E-state index in [0.29, 0.717) is 12.2 Å². The zero-order valence-corrected chi connectivity index (χ0v) is 16.9. The van der Waals surface area contributed by atoms with Gasteiger partial charge in [-0.2, -0.15) is 4.52 Å². The highest BCUT2D eigenvalue weighted by atomic mass is 32.1. The van der Waals surface area contributed by atoms with E-state index >= 15 is 0 Å². The van der Waals surface area contributed by atoms with Crippen molar-refractivity contribution < 1.29 is 4.74 Å². The number of hydrogen-bond acceptors (Lipinski definition) is 6. The van der Waals surface area contributed by atoms with Crippen LogP contribution in [-0.4, -0.2) is 33.9 Å². The summed E-state index contributed by atoms with van der Waals surface area (Å²) in [5.41, 5.74) is 1.79. The predicted molar refractivity (Wildman–Crippen MR) is 116 cm³/mol. The van der Waals surface area contributed by atoms with Crippen molar-refractivity contribution >= 4 is 43.8 Å². The molecular weight excluding hydrogens is 384 g/mol. The molecule has 6 nitrogen and oxygen atoms in total. The minimum atomic E-state index is -0.0460. The van der Waals surface area contributed by atoms with E-state index in [1.807, 2.05) is 24.3 Å². The molecule has 4 aromatic rings. The number of benzene rings is 1. The first-order chi connectivity index (χ1) is 14.3. The molecule has 1 aromatic carbocycles. The highest BCUT2D eigenvalue weighted by Gasteiger charge is 2.22. The van der Waals surface area contributed by atoms with Gasteiger partial charge in [-0.1, -0.05) is 24.3 Å². The van der Waals surface area contributed by atoms with Crippen LogP contribution in [0.4, 0.5) is 5.82 Å². The monoisotopic (exact) mass is 406 g/mol. The van der Waals surface area contributed by atoms with Gasteiger partial charge in [-0.3, -0.25) is 4.79 Å². The van der Waals surface area contributed by atoms with Crippen LogP contribution in [0.2, 0.25) is 0 Å². The Morgan fingerprint density at radius 2 is 2.03 bits per heavy atom. The number of aryl methyl sites for hydroxylation is 2. The molecule has 4 heterocycles. The zero-order chi connectivity index (χ0) is 19.4. The van der Waals surface area contributed by atoms with Gasteiger partial charge in [0, 0.05) is 28.8 Å². The van der Waals surface area contributed by atoms with Crippen LogP contribution in [0.3, 0.4) is 0 Å². The maximum Gasteiger partial charge on any atom is 0.283 e. The molecule has 0 spiro atoms. The molecule has 1 atom stereocenters. The van der Waals surface area contributed by atoms with Crippen molar-refractivity contribution in [3.8, 4) is 0 Å². The summed E-state index contributed by atoms with van der Waals surface area (Å²) in [7, 11) is 0. The third-order valence-electron chi connectivity index (χ3n) is 6.11. The van der Waals surface area contributed by atoms with Crippen LogP contribution in [0.5, 0.6) is 0 Å². The van der Waals surface area contributed by atoms with Gasteiger partial charge >= 0.3 is 0 Å². The van der Waals surface area contributed by atoms with E-state index in [0.717, 1.165) is 65.5 Å². The summed E-state index contributed by atoms with van der Waals surface area (Å²) in [5.74, 6) is 0.718. The highest BCUT2D eigenvalue weighted by Crippen LogP contribution is 2.34. The predicted octanol–water partition coefficient (Wildman–Crippen LogP) is 3.93. The van der Waals surface area contributed by atoms with E-state index in [1.165, 1.54) is 21.4 Å². The van der Waals surface area contributed by atoms with Crippen molar-refractivity contribution in [3.05, 3.63) is 45.1 Å². The van der Waals surface area contributed by atoms with E-state index in [1.54, 1.807) is 11.3 Å². The number of thiophene rings is 1. The summed E-state index contributed by atoms with van der Waals surface area (Å²) in [6.45, 7) is 1.52.